The van der Waals surface area contributed by atoms with Crippen molar-refractivity contribution >= 4 is 38.4 Å². The van der Waals surface area contributed by atoms with Crippen LogP contribution in [-0.4, -0.2) is 67.7 Å². The third-order valence-electron chi connectivity index (χ3n) is 5.51. The molecule has 0 bridgehead atoms. The van der Waals surface area contributed by atoms with E-state index < -0.39 is 10.0 Å². The second-order valence-corrected chi connectivity index (χ2v) is 9.05. The molecule has 0 atom stereocenters. The van der Waals surface area contributed by atoms with Crippen molar-refractivity contribution in [1.82, 2.24) is 14.8 Å². The van der Waals surface area contributed by atoms with E-state index in [1.165, 1.54) is 0 Å². The van der Waals surface area contributed by atoms with Crippen molar-refractivity contribution in [1.29, 1.82) is 0 Å². The monoisotopic (exact) mass is 423 g/mol. The van der Waals surface area contributed by atoms with Crippen LogP contribution in [0, 0.1) is 0 Å². The zero-order valence-electron chi connectivity index (χ0n) is 16.2. The smallest absolute Gasteiger partial charge is 0.286 e. The highest BCUT2D eigenvalue weighted by molar-refractivity contribution is 7.90. The minimum atomic E-state index is -3.68. The third-order valence-corrected chi connectivity index (χ3v) is 6.88. The fraction of sp³-hybridized carbons (Fsp3) is 0.238. The van der Waals surface area contributed by atoms with Crippen LogP contribution in [0.25, 0.3) is 10.9 Å². The molecule has 1 aromatic heterocycles. The Morgan fingerprint density at radius 1 is 1.03 bits per heavy atom. The van der Waals surface area contributed by atoms with E-state index in [0.717, 1.165) is 10.9 Å². The van der Waals surface area contributed by atoms with Crippen LogP contribution in [0.3, 0.4) is 0 Å². The Kier molecular flexibility index (Phi) is 4.56. The summed E-state index contributed by atoms with van der Waals surface area (Å²) in [7, 11) is -3.68. The van der Waals surface area contributed by atoms with E-state index in [1.807, 2.05) is 35.4 Å². The Labute approximate surface area is 174 Å². The molecular formula is C21H21N5O3S. The van der Waals surface area contributed by atoms with E-state index in [2.05, 4.69) is 19.6 Å². The molecule has 0 spiro atoms. The molecular weight excluding hydrogens is 402 g/mol. The van der Waals surface area contributed by atoms with Gasteiger partial charge in [-0.2, -0.15) is 8.42 Å². The molecule has 0 radical (unpaired) electrons. The number of para-hydroxylation sites is 1. The number of benzene rings is 2. The molecule has 2 aliphatic heterocycles. The van der Waals surface area contributed by atoms with Gasteiger partial charge < -0.3 is 15.2 Å². The number of nitrogens with zero attached hydrogens (tertiary/aromatic N) is 3. The summed E-state index contributed by atoms with van der Waals surface area (Å²) in [5, 5.41) is 4.20. The number of anilines is 1. The molecule has 3 heterocycles. The normalized spacial score (nSPS) is 18.5. The standard InChI is InChI=1S/C21H21N5O3S/c27-21(16-6-5-15-7-8-22-18(15)13-16)26-11-9-25(10-12-26)14-20-23-17-3-1-2-4-19(17)30(28,29)24-20/h1-8,13,22H,9-12,14H2,(H,23,24). The van der Waals surface area contributed by atoms with E-state index >= 15 is 0 Å². The van der Waals surface area contributed by atoms with Crippen molar-refractivity contribution in [2.45, 2.75) is 4.90 Å². The molecule has 1 amide bonds. The molecule has 9 heteroatoms. The quantitative estimate of drug-likeness (QED) is 0.673. The fourth-order valence-electron chi connectivity index (χ4n) is 3.92. The highest BCUT2D eigenvalue weighted by atomic mass is 32.2. The maximum absolute atomic E-state index is 12.9. The maximum Gasteiger partial charge on any atom is 0.286 e. The number of carbonyl (C=O) groups excluding carboxylic acids is 1. The molecule has 0 saturated carbocycles. The van der Waals surface area contributed by atoms with Crippen LogP contribution in [0.2, 0.25) is 0 Å². The number of amides is 1. The molecule has 30 heavy (non-hydrogen) atoms. The zero-order chi connectivity index (χ0) is 20.7. The fourth-order valence-corrected chi connectivity index (χ4v) is 5.06. The van der Waals surface area contributed by atoms with Gasteiger partial charge in [0.05, 0.1) is 12.2 Å². The van der Waals surface area contributed by atoms with Crippen LogP contribution in [0.5, 0.6) is 0 Å². The largest absolute Gasteiger partial charge is 0.361 e. The number of rotatable bonds is 3. The zero-order valence-corrected chi connectivity index (χ0v) is 17.0. The summed E-state index contributed by atoms with van der Waals surface area (Å²) in [4.78, 5) is 20.1. The number of aromatic amines is 1. The second kappa shape index (κ2) is 7.26. The first-order valence-electron chi connectivity index (χ1n) is 9.78. The highest BCUT2D eigenvalue weighted by Crippen LogP contribution is 2.26. The predicted octanol–water partition coefficient (Wildman–Crippen LogP) is 2.14. The van der Waals surface area contributed by atoms with Crippen molar-refractivity contribution in [3.63, 3.8) is 0 Å². The average Bonchev–Trinajstić information content (AvgIpc) is 3.21. The number of carbonyl (C=O) groups is 1. The Hall–Kier alpha value is -3.17. The van der Waals surface area contributed by atoms with Crippen molar-refractivity contribution in [3.8, 4) is 0 Å². The van der Waals surface area contributed by atoms with Crippen molar-refractivity contribution in [2.75, 3.05) is 38.0 Å². The molecule has 1 saturated heterocycles. The molecule has 5 rings (SSSR count). The van der Waals surface area contributed by atoms with Crippen LogP contribution in [0.1, 0.15) is 10.4 Å². The topological polar surface area (TPSA) is 97.9 Å². The lowest BCUT2D eigenvalue weighted by molar-refractivity contribution is 0.0654. The van der Waals surface area contributed by atoms with Gasteiger partial charge in [-0.3, -0.25) is 9.69 Å². The van der Waals surface area contributed by atoms with Crippen molar-refractivity contribution in [2.24, 2.45) is 4.40 Å². The summed E-state index contributed by atoms with van der Waals surface area (Å²) in [6, 6.07) is 14.4. The van der Waals surface area contributed by atoms with Crippen molar-refractivity contribution < 1.29 is 13.2 Å². The summed E-state index contributed by atoms with van der Waals surface area (Å²) in [5.41, 5.74) is 2.16. The number of amidine groups is 1. The number of fused-ring (bicyclic) bond motifs is 2. The number of sulfonamides is 1. The lowest BCUT2D eigenvalue weighted by Gasteiger charge is -2.35. The first-order valence-corrected chi connectivity index (χ1v) is 11.2. The van der Waals surface area contributed by atoms with Gasteiger partial charge in [0.25, 0.3) is 15.9 Å². The molecule has 0 unspecified atom stereocenters. The third kappa shape index (κ3) is 3.46. The molecule has 2 aliphatic rings. The first kappa shape index (κ1) is 18.8. The molecule has 8 nitrogen and oxygen atoms in total. The molecule has 1 fully saturated rings. The summed E-state index contributed by atoms with van der Waals surface area (Å²) in [6.07, 6.45) is 1.86. The minimum Gasteiger partial charge on any atom is -0.361 e. The van der Waals surface area contributed by atoms with Gasteiger partial charge in [0, 0.05) is 43.5 Å². The molecule has 2 N–H and O–H groups in total. The summed E-state index contributed by atoms with van der Waals surface area (Å²) >= 11 is 0. The van der Waals surface area contributed by atoms with Crippen LogP contribution in [-0.2, 0) is 10.0 Å². The van der Waals surface area contributed by atoms with Gasteiger partial charge in [0.15, 0.2) is 0 Å². The number of H-pyrrole nitrogens is 1. The Balaban J connectivity index is 1.23. The van der Waals surface area contributed by atoms with Crippen LogP contribution in [0.15, 0.2) is 64.0 Å². The molecule has 2 aromatic carbocycles. The van der Waals surface area contributed by atoms with Gasteiger partial charge in [-0.05, 0) is 35.7 Å². The van der Waals surface area contributed by atoms with Gasteiger partial charge in [0.1, 0.15) is 10.7 Å². The minimum absolute atomic E-state index is 0.00999. The number of hydrogen-bond donors (Lipinski definition) is 2. The summed E-state index contributed by atoms with van der Waals surface area (Å²) < 4.78 is 28.7. The van der Waals surface area contributed by atoms with Crippen LogP contribution in [0.4, 0.5) is 5.69 Å². The lowest BCUT2D eigenvalue weighted by atomic mass is 10.1. The van der Waals surface area contributed by atoms with E-state index in [4.69, 9.17) is 0 Å². The lowest BCUT2D eigenvalue weighted by Crippen LogP contribution is -2.50. The van der Waals surface area contributed by atoms with Crippen LogP contribution >= 0.6 is 0 Å². The Bertz CT molecular complexity index is 1260. The van der Waals surface area contributed by atoms with Gasteiger partial charge in [-0.1, -0.05) is 18.2 Å². The van der Waals surface area contributed by atoms with Crippen molar-refractivity contribution in [3.05, 3.63) is 60.3 Å². The van der Waals surface area contributed by atoms with Gasteiger partial charge in [-0.25, -0.2) is 0 Å². The Morgan fingerprint density at radius 2 is 1.83 bits per heavy atom. The average molecular weight is 423 g/mol. The van der Waals surface area contributed by atoms with E-state index in [-0.39, 0.29) is 10.8 Å². The SMILES string of the molecule is O=C(c1ccc2cc[nH]c2c1)N1CCN(CC2=NS(=O)(=O)c3ccccc3N2)CC1. The van der Waals surface area contributed by atoms with Gasteiger partial charge in [-0.15, -0.1) is 4.40 Å². The van der Waals surface area contributed by atoms with E-state index in [0.29, 0.717) is 49.8 Å². The maximum atomic E-state index is 12.9. The van der Waals surface area contributed by atoms with Gasteiger partial charge >= 0.3 is 0 Å². The number of aromatic nitrogens is 1. The molecule has 154 valence electrons. The summed E-state index contributed by atoms with van der Waals surface area (Å²) in [6.45, 7) is 2.86. The number of hydrogen-bond acceptors (Lipinski definition) is 5. The number of nitrogens with one attached hydrogen (secondary N) is 2. The Morgan fingerprint density at radius 3 is 2.67 bits per heavy atom. The van der Waals surface area contributed by atoms with E-state index in [1.54, 1.807) is 24.3 Å². The predicted molar refractivity (Wildman–Crippen MR) is 115 cm³/mol. The van der Waals surface area contributed by atoms with Crippen LogP contribution < -0.4 is 5.32 Å². The second-order valence-electron chi connectivity index (χ2n) is 7.48. The summed E-state index contributed by atoms with van der Waals surface area (Å²) in [5.74, 6) is 0.418. The highest BCUT2D eigenvalue weighted by Gasteiger charge is 2.27. The first-order chi connectivity index (χ1) is 14.5. The van der Waals surface area contributed by atoms with Gasteiger partial charge in [0.2, 0.25) is 0 Å². The molecule has 3 aromatic rings. The number of piperazine rings is 1. The van der Waals surface area contributed by atoms with E-state index in [9.17, 15) is 13.2 Å². The molecule has 0 aliphatic carbocycles.